The van der Waals surface area contributed by atoms with Crippen molar-refractivity contribution in [2.24, 2.45) is 10.7 Å². The molecule has 6 atom stereocenters. The maximum Gasteiger partial charge on any atom is 0.490 e. The van der Waals surface area contributed by atoms with Gasteiger partial charge in [-0.25, -0.2) is 28.0 Å². The van der Waals surface area contributed by atoms with E-state index in [4.69, 9.17) is 25.2 Å². The molecule has 2 unspecified atom stereocenters. The third-order valence-corrected chi connectivity index (χ3v) is 7.89. The third-order valence-electron chi connectivity index (χ3n) is 4.09. The van der Waals surface area contributed by atoms with E-state index in [1.165, 1.54) is 0 Å². The molecule has 3 heterocycles. The molecule has 19 nitrogen and oxygen atoms in total. The minimum atomic E-state index is -5.74. The Bertz CT molecular complexity index is 1110. The van der Waals surface area contributed by atoms with Crippen LogP contribution in [-0.4, -0.2) is 76.8 Å². The van der Waals surface area contributed by atoms with Gasteiger partial charge in [-0.1, -0.05) is 0 Å². The number of H-pyrrole nitrogens is 1. The summed E-state index contributed by atoms with van der Waals surface area (Å²) in [6, 6.07) is 0. The number of hydrogen-bond acceptors (Lipinski definition) is 13. The summed E-state index contributed by atoms with van der Waals surface area (Å²) in [5.41, 5.74) is 4.98. The Morgan fingerprint density at radius 1 is 1.12 bits per heavy atom. The summed E-state index contributed by atoms with van der Waals surface area (Å²) in [5, 5.41) is 23.2. The van der Waals surface area contributed by atoms with Gasteiger partial charge in [-0.05, 0) is 0 Å². The summed E-state index contributed by atoms with van der Waals surface area (Å²) in [6.07, 6.45) is -6.61. The second kappa shape index (κ2) is 8.73. The molecule has 1 aromatic heterocycles. The first kappa shape index (κ1) is 25.2. The van der Waals surface area contributed by atoms with Gasteiger partial charge in [0.15, 0.2) is 6.23 Å². The van der Waals surface area contributed by atoms with Crippen LogP contribution in [-0.2, 0) is 31.6 Å². The summed E-state index contributed by atoms with van der Waals surface area (Å²) in [4.78, 5) is 54.1. The van der Waals surface area contributed by atoms with Crippen molar-refractivity contribution in [1.29, 1.82) is 0 Å². The van der Waals surface area contributed by atoms with Crippen molar-refractivity contribution < 1.29 is 61.4 Å². The van der Waals surface area contributed by atoms with Gasteiger partial charge in [0.05, 0.1) is 6.61 Å². The first-order valence-corrected chi connectivity index (χ1v) is 12.8. The van der Waals surface area contributed by atoms with Crippen LogP contribution < -0.4 is 16.7 Å². The Balaban J connectivity index is 1.71. The fourth-order valence-corrected chi connectivity index (χ4v) is 5.91. The summed E-state index contributed by atoms with van der Waals surface area (Å²) in [7, 11) is -16.8. The number of ether oxygens (including phenoxy) is 1. The molecule has 0 amide bonds. The number of imidazole rings is 1. The first-order valence-electron chi connectivity index (χ1n) is 8.29. The van der Waals surface area contributed by atoms with E-state index in [2.05, 4.69) is 28.4 Å². The molecule has 10 N–H and O–H groups in total. The lowest BCUT2D eigenvalue weighted by atomic mass is 10.1. The Kier molecular flexibility index (Phi) is 6.88. The van der Waals surface area contributed by atoms with Crippen LogP contribution in [0.1, 0.15) is 11.9 Å². The highest BCUT2D eigenvalue weighted by Gasteiger charge is 2.47. The minimum absolute atomic E-state index is 0.00301. The fraction of sp³-hybridized carbons (Fsp3) is 0.600. The number of fused-ring (bicyclic) bond motifs is 1. The van der Waals surface area contributed by atoms with E-state index in [9.17, 15) is 33.6 Å². The molecule has 1 saturated heterocycles. The van der Waals surface area contributed by atoms with E-state index in [1.54, 1.807) is 0 Å². The monoisotopic (exact) mass is 525 g/mol. The van der Waals surface area contributed by atoms with E-state index in [0.29, 0.717) is 0 Å². The van der Waals surface area contributed by atoms with Crippen LogP contribution in [0.2, 0.25) is 0 Å². The molecule has 3 rings (SSSR count). The zero-order valence-electron chi connectivity index (χ0n) is 15.5. The van der Waals surface area contributed by atoms with Gasteiger partial charge >= 0.3 is 29.2 Å². The lowest BCUT2D eigenvalue weighted by Gasteiger charge is -2.20. The number of aliphatic imine (C=N–C) groups is 1. The largest absolute Gasteiger partial charge is 0.490 e. The number of nitrogens with one attached hydrogen (secondary N) is 2. The SMILES string of the molecule is NC1=NCNc2c1[nH]c(=O)n2[C@@H]1O[C@H](COP(=O)(O)OP(=O)(O)OP(=O)(O)O)[C@@H](O)[C@H]1O. The second-order valence-corrected chi connectivity index (χ2v) is 10.8. The maximum atomic E-state index is 12.3. The smallest absolute Gasteiger partial charge is 0.387 e. The van der Waals surface area contributed by atoms with Gasteiger partial charge in [0, 0.05) is 0 Å². The first-order chi connectivity index (χ1) is 14.6. The molecule has 0 bridgehead atoms. The number of hydrogen-bond donors (Lipinski definition) is 9. The summed E-state index contributed by atoms with van der Waals surface area (Å²) in [6.45, 7) is -1.03. The maximum absolute atomic E-state index is 12.3. The van der Waals surface area contributed by atoms with Crippen LogP contribution in [0.25, 0.3) is 0 Å². The number of phosphoric acid groups is 3. The predicted molar refractivity (Wildman–Crippen MR) is 100 cm³/mol. The van der Waals surface area contributed by atoms with Crippen molar-refractivity contribution in [2.75, 3.05) is 18.6 Å². The molecule has 1 aromatic rings. The lowest BCUT2D eigenvalue weighted by Crippen LogP contribution is -2.35. The van der Waals surface area contributed by atoms with Gasteiger partial charge in [-0.2, -0.15) is 8.62 Å². The molecule has 2 aliphatic heterocycles. The summed E-state index contributed by atoms with van der Waals surface area (Å²) >= 11 is 0. The van der Waals surface area contributed by atoms with E-state index in [-0.39, 0.29) is 24.0 Å². The quantitative estimate of drug-likeness (QED) is 0.155. The molecular formula is C10H18N5O14P3. The van der Waals surface area contributed by atoms with Gasteiger partial charge in [0.25, 0.3) is 0 Å². The molecule has 2 aliphatic rings. The number of phosphoric ester groups is 1. The van der Waals surface area contributed by atoms with Crippen molar-refractivity contribution in [3.05, 3.63) is 16.2 Å². The van der Waals surface area contributed by atoms with Crippen LogP contribution >= 0.6 is 23.5 Å². The Labute approximate surface area is 176 Å². The minimum Gasteiger partial charge on any atom is -0.387 e. The lowest BCUT2D eigenvalue weighted by molar-refractivity contribution is -0.0524. The molecule has 1 fully saturated rings. The number of aromatic amines is 1. The van der Waals surface area contributed by atoms with Crippen LogP contribution in [0, 0.1) is 0 Å². The van der Waals surface area contributed by atoms with Crippen LogP contribution in [0.3, 0.4) is 0 Å². The average Bonchev–Trinajstić information content (AvgIpc) is 3.08. The van der Waals surface area contributed by atoms with E-state index in [0.717, 1.165) is 4.57 Å². The van der Waals surface area contributed by atoms with Gasteiger partial charge in [-0.15, -0.1) is 0 Å². The van der Waals surface area contributed by atoms with Crippen molar-refractivity contribution in [3.8, 4) is 0 Å². The number of nitrogens with zero attached hydrogens (tertiary/aromatic N) is 2. The highest BCUT2D eigenvalue weighted by molar-refractivity contribution is 7.66. The number of rotatable bonds is 8. The van der Waals surface area contributed by atoms with Crippen molar-refractivity contribution in [1.82, 2.24) is 9.55 Å². The zero-order chi connectivity index (χ0) is 24.1. The highest BCUT2D eigenvalue weighted by atomic mass is 31.3. The zero-order valence-corrected chi connectivity index (χ0v) is 18.2. The number of aliphatic hydroxyl groups excluding tert-OH is 2. The Hall–Kier alpha value is -1.43. The Morgan fingerprint density at radius 3 is 2.41 bits per heavy atom. The number of anilines is 1. The standard InChI is InChI=1S/C10H18N5O14P3/c11-7-4-8(13-2-12-7)15(10(18)14-4)9-6(17)5(16)3(27-9)1-26-31(22,23)29-32(24,25)28-30(19,20)21/h3,5-6,9,13,16-17H,1-2H2,(H2,11,12)(H,14,18)(H,22,23)(H,24,25)(H2,19,20,21)/t3-,5-,6-,9-/m1/s1. The molecule has 22 heteroatoms. The fourth-order valence-electron chi connectivity index (χ4n) is 2.88. The van der Waals surface area contributed by atoms with E-state index in [1.807, 2.05) is 0 Å². The predicted octanol–water partition coefficient (Wildman–Crippen LogP) is -2.77. The molecule has 0 saturated carbocycles. The van der Waals surface area contributed by atoms with Crippen molar-refractivity contribution in [3.63, 3.8) is 0 Å². The van der Waals surface area contributed by atoms with Gasteiger partial charge < -0.3 is 50.6 Å². The molecule has 182 valence electrons. The van der Waals surface area contributed by atoms with Crippen LogP contribution in [0.5, 0.6) is 0 Å². The molecule has 0 radical (unpaired) electrons. The third kappa shape index (κ3) is 5.55. The number of aliphatic hydroxyl groups is 2. The van der Waals surface area contributed by atoms with Gasteiger partial charge in [0.1, 0.15) is 42.3 Å². The molecule has 0 spiro atoms. The Morgan fingerprint density at radius 2 is 1.78 bits per heavy atom. The molecule has 32 heavy (non-hydrogen) atoms. The van der Waals surface area contributed by atoms with Gasteiger partial charge in [0.2, 0.25) is 0 Å². The normalized spacial score (nSPS) is 29.5. The molecule has 0 aliphatic carbocycles. The van der Waals surface area contributed by atoms with Crippen molar-refractivity contribution >= 4 is 35.1 Å². The van der Waals surface area contributed by atoms with E-state index < -0.39 is 60.3 Å². The highest BCUT2D eigenvalue weighted by Crippen LogP contribution is 2.66. The topological polar surface area (TPSA) is 298 Å². The number of amidine groups is 1. The van der Waals surface area contributed by atoms with E-state index >= 15 is 0 Å². The van der Waals surface area contributed by atoms with Crippen molar-refractivity contribution in [2.45, 2.75) is 24.5 Å². The number of aromatic nitrogens is 2. The summed E-state index contributed by atoms with van der Waals surface area (Å²) < 4.78 is 51.5. The molecular weight excluding hydrogens is 507 g/mol. The van der Waals surface area contributed by atoms with Crippen LogP contribution in [0.4, 0.5) is 5.82 Å². The van der Waals surface area contributed by atoms with Crippen LogP contribution in [0.15, 0.2) is 9.79 Å². The molecule has 0 aromatic carbocycles. The average molecular weight is 525 g/mol. The number of nitrogens with two attached hydrogens (primary N) is 1. The van der Waals surface area contributed by atoms with Gasteiger partial charge in [-0.3, -0.25) is 4.52 Å². The summed E-state index contributed by atoms with van der Waals surface area (Å²) in [5.74, 6) is 0.0825. The second-order valence-electron chi connectivity index (χ2n) is 6.34.